The Kier molecular flexibility index (Phi) is 3.48. The molecular weight excluding hydrogens is 184 g/mol. The molecule has 0 spiro atoms. The predicted octanol–water partition coefficient (Wildman–Crippen LogP) is 1.37. The number of hydrogen-bond acceptors (Lipinski definition) is 4. The van der Waals surface area contributed by atoms with Gasteiger partial charge in [0.25, 0.3) is 0 Å². The fourth-order valence-electron chi connectivity index (χ4n) is 0.975. The monoisotopic (exact) mass is 196 g/mol. The number of methoxy groups -OCH3 is 1. The Balaban J connectivity index is 2.58. The molecule has 1 aromatic heterocycles. The average Bonchev–Trinajstić information content (AvgIpc) is 2.69. The molecule has 1 atom stereocenters. The van der Waals surface area contributed by atoms with Crippen LogP contribution in [0.1, 0.15) is 17.0 Å². The first kappa shape index (κ1) is 10.5. The number of rotatable bonds is 5. The summed E-state index contributed by atoms with van der Waals surface area (Å²) in [6.45, 7) is 3.51. The number of furan rings is 1. The molecule has 14 heavy (non-hydrogen) atoms. The van der Waals surface area contributed by atoms with Crippen LogP contribution in [0, 0.1) is 0 Å². The summed E-state index contributed by atoms with van der Waals surface area (Å²) in [5.41, 5.74) is 0. The van der Waals surface area contributed by atoms with E-state index in [9.17, 15) is 9.90 Å². The van der Waals surface area contributed by atoms with Crippen molar-refractivity contribution in [2.24, 2.45) is 0 Å². The molecule has 0 amide bonds. The molecule has 4 nitrogen and oxygen atoms in total. The Labute approximate surface area is 81.8 Å². The van der Waals surface area contributed by atoms with Crippen LogP contribution in [0.25, 0.3) is 0 Å². The van der Waals surface area contributed by atoms with Crippen molar-refractivity contribution in [3.05, 3.63) is 36.5 Å². The molecule has 1 aromatic rings. The third kappa shape index (κ3) is 2.47. The van der Waals surface area contributed by atoms with Crippen molar-refractivity contribution >= 4 is 5.78 Å². The molecule has 0 aliphatic rings. The highest BCUT2D eigenvalue weighted by Gasteiger charge is 2.20. The van der Waals surface area contributed by atoms with Crippen LogP contribution in [0.4, 0.5) is 0 Å². The highest BCUT2D eigenvalue weighted by atomic mass is 16.5. The van der Waals surface area contributed by atoms with Gasteiger partial charge in [0, 0.05) is 6.42 Å². The predicted molar refractivity (Wildman–Crippen MR) is 49.8 cm³/mol. The SMILES string of the molecule is C=C(CC(O)C(=O)c1ccco1)OC. The van der Waals surface area contributed by atoms with Gasteiger partial charge >= 0.3 is 0 Å². The fourth-order valence-corrected chi connectivity index (χ4v) is 0.975. The van der Waals surface area contributed by atoms with E-state index in [-0.39, 0.29) is 12.2 Å². The van der Waals surface area contributed by atoms with Crippen molar-refractivity contribution in [3.8, 4) is 0 Å². The van der Waals surface area contributed by atoms with Crippen molar-refractivity contribution in [2.45, 2.75) is 12.5 Å². The van der Waals surface area contributed by atoms with Crippen LogP contribution < -0.4 is 0 Å². The van der Waals surface area contributed by atoms with Crippen molar-refractivity contribution in [2.75, 3.05) is 7.11 Å². The molecule has 0 fully saturated rings. The van der Waals surface area contributed by atoms with Crippen molar-refractivity contribution < 1.29 is 19.1 Å². The first-order valence-corrected chi connectivity index (χ1v) is 4.12. The Morgan fingerprint density at radius 2 is 2.50 bits per heavy atom. The van der Waals surface area contributed by atoms with Crippen LogP contribution in [0.2, 0.25) is 0 Å². The van der Waals surface area contributed by atoms with E-state index in [2.05, 4.69) is 6.58 Å². The van der Waals surface area contributed by atoms with Gasteiger partial charge in [-0.2, -0.15) is 0 Å². The van der Waals surface area contributed by atoms with E-state index in [1.54, 1.807) is 6.07 Å². The van der Waals surface area contributed by atoms with Gasteiger partial charge in [0.15, 0.2) is 5.76 Å². The molecule has 0 aliphatic carbocycles. The number of Topliss-reactive ketones (excluding diaryl/α,β-unsaturated/α-hetero) is 1. The van der Waals surface area contributed by atoms with Crippen LogP contribution in [0.3, 0.4) is 0 Å². The number of aliphatic hydroxyl groups is 1. The third-order valence-corrected chi connectivity index (χ3v) is 1.78. The Morgan fingerprint density at radius 1 is 1.79 bits per heavy atom. The lowest BCUT2D eigenvalue weighted by Crippen LogP contribution is -2.20. The van der Waals surface area contributed by atoms with E-state index < -0.39 is 11.9 Å². The summed E-state index contributed by atoms with van der Waals surface area (Å²) in [5, 5.41) is 9.44. The van der Waals surface area contributed by atoms with Gasteiger partial charge in [-0.1, -0.05) is 6.58 Å². The largest absolute Gasteiger partial charge is 0.502 e. The highest BCUT2D eigenvalue weighted by molar-refractivity contribution is 5.96. The zero-order chi connectivity index (χ0) is 10.6. The van der Waals surface area contributed by atoms with E-state index in [0.29, 0.717) is 5.76 Å². The maximum atomic E-state index is 11.4. The summed E-state index contributed by atoms with van der Waals surface area (Å²) in [6.07, 6.45) is 0.301. The maximum Gasteiger partial charge on any atom is 0.226 e. The number of aliphatic hydroxyl groups excluding tert-OH is 1. The molecule has 0 saturated heterocycles. The number of carbonyl (C=O) groups is 1. The van der Waals surface area contributed by atoms with Crippen molar-refractivity contribution in [1.82, 2.24) is 0 Å². The zero-order valence-corrected chi connectivity index (χ0v) is 7.90. The smallest absolute Gasteiger partial charge is 0.226 e. The Hall–Kier alpha value is -1.55. The average molecular weight is 196 g/mol. The lowest BCUT2D eigenvalue weighted by molar-refractivity contribution is 0.0687. The van der Waals surface area contributed by atoms with Gasteiger partial charge in [-0.15, -0.1) is 0 Å². The van der Waals surface area contributed by atoms with E-state index in [1.807, 2.05) is 0 Å². The third-order valence-electron chi connectivity index (χ3n) is 1.78. The van der Waals surface area contributed by atoms with Crippen LogP contribution in [-0.4, -0.2) is 24.1 Å². The minimum atomic E-state index is -1.16. The van der Waals surface area contributed by atoms with Crippen LogP contribution in [0.15, 0.2) is 35.2 Å². The Bertz CT molecular complexity index is 313. The molecule has 1 rings (SSSR count). The van der Waals surface area contributed by atoms with E-state index >= 15 is 0 Å². The molecule has 0 aromatic carbocycles. The highest BCUT2D eigenvalue weighted by Crippen LogP contribution is 2.10. The minimum Gasteiger partial charge on any atom is -0.502 e. The van der Waals surface area contributed by atoms with Crippen LogP contribution in [-0.2, 0) is 4.74 Å². The number of ether oxygens (including phenoxy) is 1. The summed E-state index contributed by atoms with van der Waals surface area (Å²) in [5.74, 6) is 0.0343. The molecule has 0 radical (unpaired) electrons. The summed E-state index contributed by atoms with van der Waals surface area (Å²) in [4.78, 5) is 11.4. The van der Waals surface area contributed by atoms with E-state index in [4.69, 9.17) is 9.15 Å². The van der Waals surface area contributed by atoms with Gasteiger partial charge in [-0.3, -0.25) is 4.79 Å². The molecule has 4 heteroatoms. The van der Waals surface area contributed by atoms with Crippen molar-refractivity contribution in [3.63, 3.8) is 0 Å². The first-order valence-electron chi connectivity index (χ1n) is 4.12. The molecular formula is C10H12O4. The van der Waals surface area contributed by atoms with Crippen molar-refractivity contribution in [1.29, 1.82) is 0 Å². The molecule has 0 bridgehead atoms. The fraction of sp³-hybridized carbons (Fsp3) is 0.300. The van der Waals surface area contributed by atoms with Crippen LogP contribution in [0.5, 0.6) is 0 Å². The lowest BCUT2D eigenvalue weighted by Gasteiger charge is -2.08. The molecule has 1 heterocycles. The number of hydrogen-bond donors (Lipinski definition) is 1. The minimum absolute atomic E-state index is 0.0794. The second-order valence-corrected chi connectivity index (χ2v) is 2.80. The van der Waals surface area contributed by atoms with Gasteiger partial charge in [0.1, 0.15) is 6.10 Å². The second kappa shape index (κ2) is 4.62. The lowest BCUT2D eigenvalue weighted by atomic mass is 10.1. The van der Waals surface area contributed by atoms with E-state index in [0.717, 1.165) is 0 Å². The summed E-state index contributed by atoms with van der Waals surface area (Å²) < 4.78 is 9.60. The summed E-state index contributed by atoms with van der Waals surface area (Å²) in [6, 6.07) is 3.09. The van der Waals surface area contributed by atoms with Gasteiger partial charge in [-0.05, 0) is 12.1 Å². The molecule has 0 aliphatic heterocycles. The number of carbonyl (C=O) groups excluding carboxylic acids is 1. The first-order chi connectivity index (χ1) is 6.65. The van der Waals surface area contributed by atoms with Crippen LogP contribution >= 0.6 is 0 Å². The molecule has 1 unspecified atom stereocenters. The zero-order valence-electron chi connectivity index (χ0n) is 7.90. The second-order valence-electron chi connectivity index (χ2n) is 2.80. The molecule has 76 valence electrons. The topological polar surface area (TPSA) is 59.7 Å². The standard InChI is InChI=1S/C10H12O4/c1-7(13-2)6-8(11)10(12)9-4-3-5-14-9/h3-5,8,11H,1,6H2,2H3. The summed E-state index contributed by atoms with van der Waals surface area (Å²) >= 11 is 0. The number of ketones is 1. The molecule has 1 N–H and O–H groups in total. The normalized spacial score (nSPS) is 12.1. The summed E-state index contributed by atoms with van der Waals surface area (Å²) in [7, 11) is 1.44. The maximum absolute atomic E-state index is 11.4. The van der Waals surface area contributed by atoms with Gasteiger partial charge < -0.3 is 14.3 Å². The van der Waals surface area contributed by atoms with Gasteiger partial charge in [0.2, 0.25) is 5.78 Å². The van der Waals surface area contributed by atoms with E-state index in [1.165, 1.54) is 19.4 Å². The quantitative estimate of drug-likeness (QED) is 0.570. The van der Waals surface area contributed by atoms with Gasteiger partial charge in [-0.25, -0.2) is 0 Å². The Morgan fingerprint density at radius 3 is 3.00 bits per heavy atom. The molecule has 0 saturated carbocycles. The van der Waals surface area contributed by atoms with Gasteiger partial charge in [0.05, 0.1) is 19.1 Å².